The van der Waals surface area contributed by atoms with Crippen molar-refractivity contribution in [2.45, 2.75) is 38.0 Å². The van der Waals surface area contributed by atoms with Crippen LogP contribution in [0.1, 0.15) is 30.4 Å². The van der Waals surface area contributed by atoms with Crippen molar-refractivity contribution in [1.29, 1.82) is 0 Å². The third kappa shape index (κ3) is 4.35. The van der Waals surface area contributed by atoms with Crippen LogP contribution in [0.4, 0.5) is 11.4 Å². The van der Waals surface area contributed by atoms with E-state index in [1.807, 2.05) is 26.0 Å². The van der Waals surface area contributed by atoms with Gasteiger partial charge in [0.2, 0.25) is 15.9 Å². The van der Waals surface area contributed by atoms with Crippen LogP contribution in [0, 0.1) is 13.8 Å². The van der Waals surface area contributed by atoms with E-state index >= 15 is 0 Å². The minimum Gasteiger partial charge on any atom is -0.482 e. The molecule has 0 saturated carbocycles. The van der Waals surface area contributed by atoms with Crippen LogP contribution in [0.25, 0.3) is 0 Å². The molecule has 1 saturated heterocycles. The highest BCUT2D eigenvalue weighted by Gasteiger charge is 2.31. The van der Waals surface area contributed by atoms with Gasteiger partial charge in [-0.1, -0.05) is 18.6 Å². The van der Waals surface area contributed by atoms with Crippen LogP contribution in [0.3, 0.4) is 0 Å². The van der Waals surface area contributed by atoms with Crippen LogP contribution in [0.15, 0.2) is 41.3 Å². The Balaban J connectivity index is 1.59. The Hall–Kier alpha value is -2.91. The molecule has 0 radical (unpaired) electrons. The standard InChI is InChI=1S/C23H27N3O5S/c1-16-7-6-8-19(17(16)2)24-22(27)14-26-20-13-18(9-10-21(20)31-15-23(26)28)32(29,30)25-11-4-3-5-12-25/h6-10,13H,3-5,11-12,14-15H2,1-2H3,(H,24,27). The fourth-order valence-electron chi connectivity index (χ4n) is 3.99. The highest BCUT2D eigenvalue weighted by atomic mass is 32.2. The Labute approximate surface area is 188 Å². The predicted molar refractivity (Wildman–Crippen MR) is 121 cm³/mol. The first-order valence-electron chi connectivity index (χ1n) is 10.7. The molecule has 0 atom stereocenters. The molecule has 2 amide bonds. The maximum absolute atomic E-state index is 13.1. The first kappa shape index (κ1) is 22.3. The summed E-state index contributed by atoms with van der Waals surface area (Å²) in [4.78, 5) is 26.7. The summed E-state index contributed by atoms with van der Waals surface area (Å²) in [6, 6.07) is 10.1. The molecular formula is C23H27N3O5S. The number of carbonyl (C=O) groups excluding carboxylic acids is 2. The fraction of sp³-hybridized carbons (Fsp3) is 0.391. The lowest BCUT2D eigenvalue weighted by Gasteiger charge is -2.30. The Kier molecular flexibility index (Phi) is 6.21. The van der Waals surface area contributed by atoms with Crippen LogP contribution >= 0.6 is 0 Å². The zero-order valence-electron chi connectivity index (χ0n) is 18.3. The summed E-state index contributed by atoms with van der Waals surface area (Å²) in [7, 11) is -3.68. The number of piperidine rings is 1. The van der Waals surface area contributed by atoms with Gasteiger partial charge in [-0.05, 0) is 62.1 Å². The summed E-state index contributed by atoms with van der Waals surface area (Å²) in [5.74, 6) is -0.396. The molecule has 4 rings (SSSR count). The maximum Gasteiger partial charge on any atom is 0.265 e. The van der Waals surface area contributed by atoms with Crippen molar-refractivity contribution < 1.29 is 22.7 Å². The third-order valence-electron chi connectivity index (χ3n) is 6.01. The van der Waals surface area contributed by atoms with Gasteiger partial charge in [0.1, 0.15) is 12.3 Å². The molecule has 0 unspecified atom stereocenters. The predicted octanol–water partition coefficient (Wildman–Crippen LogP) is 2.84. The largest absolute Gasteiger partial charge is 0.482 e. The van der Waals surface area contributed by atoms with Gasteiger partial charge in [0.25, 0.3) is 5.91 Å². The minimum atomic E-state index is -3.68. The monoisotopic (exact) mass is 457 g/mol. The van der Waals surface area contributed by atoms with Crippen LogP contribution < -0.4 is 15.0 Å². The summed E-state index contributed by atoms with van der Waals surface area (Å²) in [6.45, 7) is 4.39. The molecule has 0 bridgehead atoms. The van der Waals surface area contributed by atoms with E-state index in [1.165, 1.54) is 21.3 Å². The molecule has 2 aromatic carbocycles. The molecule has 32 heavy (non-hydrogen) atoms. The van der Waals surface area contributed by atoms with Gasteiger partial charge in [-0.3, -0.25) is 14.5 Å². The second kappa shape index (κ2) is 8.91. The zero-order valence-corrected chi connectivity index (χ0v) is 19.1. The van der Waals surface area contributed by atoms with Crippen molar-refractivity contribution >= 4 is 33.2 Å². The van der Waals surface area contributed by atoms with Crippen molar-refractivity contribution in [2.75, 3.05) is 36.5 Å². The average molecular weight is 458 g/mol. The van der Waals surface area contributed by atoms with Crippen molar-refractivity contribution in [3.05, 3.63) is 47.5 Å². The number of ether oxygens (including phenoxy) is 1. The third-order valence-corrected chi connectivity index (χ3v) is 7.90. The molecule has 8 nitrogen and oxygen atoms in total. The number of carbonyl (C=O) groups is 2. The fourth-order valence-corrected chi connectivity index (χ4v) is 5.53. The van der Waals surface area contributed by atoms with Crippen LogP contribution in [-0.2, 0) is 19.6 Å². The molecule has 0 aliphatic carbocycles. The Bertz CT molecular complexity index is 1160. The molecule has 2 heterocycles. The number of nitrogens with one attached hydrogen (secondary N) is 1. The number of hydrogen-bond donors (Lipinski definition) is 1. The van der Waals surface area contributed by atoms with E-state index in [-0.39, 0.29) is 29.6 Å². The first-order valence-corrected chi connectivity index (χ1v) is 12.1. The van der Waals surface area contributed by atoms with E-state index < -0.39 is 15.9 Å². The lowest BCUT2D eigenvalue weighted by Crippen LogP contribution is -2.43. The van der Waals surface area contributed by atoms with Gasteiger partial charge in [-0.2, -0.15) is 4.31 Å². The number of rotatable bonds is 5. The normalized spacial score (nSPS) is 16.9. The van der Waals surface area contributed by atoms with E-state index in [4.69, 9.17) is 4.74 Å². The van der Waals surface area contributed by atoms with Gasteiger partial charge < -0.3 is 10.1 Å². The Morgan fingerprint density at radius 3 is 2.59 bits per heavy atom. The summed E-state index contributed by atoms with van der Waals surface area (Å²) >= 11 is 0. The van der Waals surface area contributed by atoms with Gasteiger partial charge in [0.15, 0.2) is 6.61 Å². The van der Waals surface area contributed by atoms with E-state index in [9.17, 15) is 18.0 Å². The smallest absolute Gasteiger partial charge is 0.265 e. The molecule has 0 spiro atoms. The quantitative estimate of drug-likeness (QED) is 0.745. The number of hydrogen-bond acceptors (Lipinski definition) is 5. The second-order valence-corrected chi connectivity index (χ2v) is 10.1. The lowest BCUT2D eigenvalue weighted by molar-refractivity contribution is -0.123. The molecule has 1 N–H and O–H groups in total. The van der Waals surface area contributed by atoms with Crippen molar-refractivity contribution in [2.24, 2.45) is 0 Å². The molecule has 2 aliphatic heterocycles. The van der Waals surface area contributed by atoms with Gasteiger partial charge in [-0.25, -0.2) is 8.42 Å². The van der Waals surface area contributed by atoms with Crippen molar-refractivity contribution in [3.8, 4) is 5.75 Å². The van der Waals surface area contributed by atoms with Crippen molar-refractivity contribution in [1.82, 2.24) is 4.31 Å². The van der Waals surface area contributed by atoms with E-state index in [1.54, 1.807) is 12.1 Å². The summed E-state index contributed by atoms with van der Waals surface area (Å²) in [5, 5.41) is 2.85. The lowest BCUT2D eigenvalue weighted by atomic mass is 10.1. The second-order valence-electron chi connectivity index (χ2n) is 8.16. The van der Waals surface area contributed by atoms with Gasteiger partial charge >= 0.3 is 0 Å². The minimum absolute atomic E-state index is 0.0939. The van der Waals surface area contributed by atoms with E-state index in [0.717, 1.165) is 30.4 Å². The highest BCUT2D eigenvalue weighted by molar-refractivity contribution is 7.89. The molecular weight excluding hydrogens is 430 g/mol. The number of aryl methyl sites for hydroxylation is 1. The molecule has 9 heteroatoms. The van der Waals surface area contributed by atoms with Gasteiger partial charge in [-0.15, -0.1) is 0 Å². The average Bonchev–Trinajstić information content (AvgIpc) is 2.79. The number of sulfonamides is 1. The van der Waals surface area contributed by atoms with E-state index in [0.29, 0.717) is 24.5 Å². The van der Waals surface area contributed by atoms with Crippen molar-refractivity contribution in [3.63, 3.8) is 0 Å². The summed E-state index contributed by atoms with van der Waals surface area (Å²) in [6.07, 6.45) is 2.68. The van der Waals surface area contributed by atoms with E-state index in [2.05, 4.69) is 5.32 Å². The van der Waals surface area contributed by atoms with Gasteiger partial charge in [0.05, 0.1) is 10.6 Å². The molecule has 2 aromatic rings. The highest BCUT2D eigenvalue weighted by Crippen LogP contribution is 2.35. The number of benzene rings is 2. The topological polar surface area (TPSA) is 96.0 Å². The number of nitrogens with zero attached hydrogens (tertiary/aromatic N) is 2. The number of anilines is 2. The molecule has 170 valence electrons. The maximum atomic E-state index is 13.1. The van der Waals surface area contributed by atoms with Crippen LogP contribution in [0.5, 0.6) is 5.75 Å². The van der Waals surface area contributed by atoms with Gasteiger partial charge in [0, 0.05) is 18.8 Å². The summed E-state index contributed by atoms with van der Waals surface area (Å²) in [5.41, 5.74) is 2.96. The Morgan fingerprint density at radius 1 is 1.09 bits per heavy atom. The molecule has 1 fully saturated rings. The van der Waals surface area contributed by atoms with Crippen LogP contribution in [-0.4, -0.2) is 50.8 Å². The number of amides is 2. The zero-order chi connectivity index (χ0) is 22.9. The van der Waals surface area contributed by atoms with Crippen LogP contribution in [0.2, 0.25) is 0 Å². The Morgan fingerprint density at radius 2 is 1.84 bits per heavy atom. The number of fused-ring (bicyclic) bond motifs is 1. The molecule has 2 aliphatic rings. The SMILES string of the molecule is Cc1cccc(NC(=O)CN2C(=O)COc3ccc(S(=O)(=O)N4CCCCC4)cc32)c1C. The molecule has 0 aromatic heterocycles. The summed E-state index contributed by atoms with van der Waals surface area (Å²) < 4.78 is 33.1. The first-order chi connectivity index (χ1) is 15.3.